The smallest absolute Gasteiger partial charge is 0.140 e. The lowest BCUT2D eigenvalue weighted by Gasteiger charge is -2.37. The second-order valence-electron chi connectivity index (χ2n) is 4.06. The van der Waals surface area contributed by atoms with Crippen molar-refractivity contribution in [2.24, 2.45) is 0 Å². The lowest BCUT2D eigenvalue weighted by atomic mass is 9.89. The van der Waals surface area contributed by atoms with E-state index < -0.39 is 5.60 Å². The number of aliphatic hydroxyl groups excluding tert-OH is 1. The minimum atomic E-state index is -0.662. The highest BCUT2D eigenvalue weighted by Gasteiger charge is 2.36. The maximum Gasteiger partial charge on any atom is 0.140 e. The third kappa shape index (κ3) is 1.98. The predicted molar refractivity (Wildman–Crippen MR) is 61.4 cm³/mol. The Bertz CT molecular complexity index is 343. The fourth-order valence-corrected chi connectivity index (χ4v) is 2.18. The van der Waals surface area contributed by atoms with Crippen molar-refractivity contribution in [2.75, 3.05) is 26.4 Å². The number of benzene rings is 1. The van der Waals surface area contributed by atoms with Gasteiger partial charge in [-0.1, -0.05) is 31.2 Å². The second-order valence-corrected chi connectivity index (χ2v) is 4.06. The van der Waals surface area contributed by atoms with Crippen molar-refractivity contribution in [1.82, 2.24) is 0 Å². The maximum absolute atomic E-state index is 9.61. The average molecular weight is 222 g/mol. The topological polar surface area (TPSA) is 38.7 Å². The third-order valence-corrected chi connectivity index (χ3v) is 3.09. The van der Waals surface area contributed by atoms with Crippen LogP contribution in [0.4, 0.5) is 0 Å². The molecule has 88 valence electrons. The zero-order valence-corrected chi connectivity index (χ0v) is 9.61. The van der Waals surface area contributed by atoms with Crippen LogP contribution in [-0.4, -0.2) is 31.5 Å². The van der Waals surface area contributed by atoms with E-state index in [1.54, 1.807) is 0 Å². The summed E-state index contributed by atoms with van der Waals surface area (Å²) in [6, 6.07) is 8.08. The third-order valence-electron chi connectivity index (χ3n) is 3.09. The molecule has 1 N–H and O–H groups in total. The Kier molecular flexibility index (Phi) is 3.59. The number of aryl methyl sites for hydroxylation is 1. The normalized spacial score (nSPS) is 25.6. The largest absolute Gasteiger partial charge is 0.393 e. The van der Waals surface area contributed by atoms with Gasteiger partial charge in [-0.05, 0) is 17.5 Å². The first-order chi connectivity index (χ1) is 7.82. The van der Waals surface area contributed by atoms with Gasteiger partial charge >= 0.3 is 0 Å². The first-order valence-electron chi connectivity index (χ1n) is 5.73. The van der Waals surface area contributed by atoms with Crippen LogP contribution in [0.15, 0.2) is 24.3 Å². The van der Waals surface area contributed by atoms with E-state index >= 15 is 0 Å². The van der Waals surface area contributed by atoms with Crippen molar-refractivity contribution in [1.29, 1.82) is 0 Å². The van der Waals surface area contributed by atoms with Gasteiger partial charge in [-0.2, -0.15) is 0 Å². The second kappa shape index (κ2) is 4.95. The van der Waals surface area contributed by atoms with Gasteiger partial charge < -0.3 is 14.6 Å². The molecule has 0 aliphatic carbocycles. The molecule has 0 spiro atoms. The van der Waals surface area contributed by atoms with E-state index in [-0.39, 0.29) is 6.61 Å². The van der Waals surface area contributed by atoms with Crippen LogP contribution in [0.5, 0.6) is 0 Å². The van der Waals surface area contributed by atoms with Crippen LogP contribution in [0.3, 0.4) is 0 Å². The molecule has 0 bridgehead atoms. The molecule has 1 fully saturated rings. The van der Waals surface area contributed by atoms with Gasteiger partial charge in [-0.25, -0.2) is 0 Å². The molecule has 1 saturated heterocycles. The Balaban J connectivity index is 2.38. The molecular weight excluding hydrogens is 204 g/mol. The molecule has 1 heterocycles. The molecule has 1 atom stereocenters. The summed E-state index contributed by atoms with van der Waals surface area (Å²) >= 11 is 0. The van der Waals surface area contributed by atoms with Crippen molar-refractivity contribution in [3.05, 3.63) is 35.4 Å². The van der Waals surface area contributed by atoms with Gasteiger partial charge in [0.1, 0.15) is 5.60 Å². The molecular formula is C13H18O3. The van der Waals surface area contributed by atoms with Gasteiger partial charge in [0.25, 0.3) is 0 Å². The first kappa shape index (κ1) is 11.6. The van der Waals surface area contributed by atoms with Crippen molar-refractivity contribution >= 4 is 0 Å². The summed E-state index contributed by atoms with van der Waals surface area (Å²) in [7, 11) is 0. The highest BCUT2D eigenvalue weighted by Crippen LogP contribution is 2.31. The van der Waals surface area contributed by atoms with E-state index in [4.69, 9.17) is 9.47 Å². The van der Waals surface area contributed by atoms with Gasteiger partial charge in [0, 0.05) is 0 Å². The van der Waals surface area contributed by atoms with Crippen LogP contribution in [0.2, 0.25) is 0 Å². The number of hydrogen-bond acceptors (Lipinski definition) is 3. The van der Waals surface area contributed by atoms with E-state index in [0.29, 0.717) is 19.8 Å². The number of ether oxygens (including phenoxy) is 2. The Morgan fingerprint density at radius 1 is 1.31 bits per heavy atom. The van der Waals surface area contributed by atoms with Gasteiger partial charge in [-0.3, -0.25) is 0 Å². The van der Waals surface area contributed by atoms with Crippen LogP contribution in [0, 0.1) is 0 Å². The molecule has 3 nitrogen and oxygen atoms in total. The summed E-state index contributed by atoms with van der Waals surface area (Å²) in [5.41, 5.74) is 1.60. The monoisotopic (exact) mass is 222 g/mol. The molecule has 3 heteroatoms. The highest BCUT2D eigenvalue weighted by molar-refractivity contribution is 5.33. The molecule has 1 unspecified atom stereocenters. The van der Waals surface area contributed by atoms with Crippen molar-refractivity contribution < 1.29 is 14.6 Å². The van der Waals surface area contributed by atoms with Crippen LogP contribution >= 0.6 is 0 Å². The van der Waals surface area contributed by atoms with Crippen LogP contribution < -0.4 is 0 Å². The Morgan fingerprint density at radius 2 is 2.12 bits per heavy atom. The Morgan fingerprint density at radius 3 is 2.75 bits per heavy atom. The van der Waals surface area contributed by atoms with Gasteiger partial charge in [0.05, 0.1) is 26.4 Å². The zero-order valence-electron chi connectivity index (χ0n) is 9.61. The summed E-state index contributed by atoms with van der Waals surface area (Å²) < 4.78 is 11.2. The lowest BCUT2D eigenvalue weighted by Crippen LogP contribution is -2.44. The van der Waals surface area contributed by atoms with Crippen LogP contribution in [0.1, 0.15) is 18.1 Å². The molecule has 1 aromatic rings. The molecule has 0 radical (unpaired) electrons. The van der Waals surface area contributed by atoms with E-state index in [1.807, 2.05) is 18.2 Å². The summed E-state index contributed by atoms with van der Waals surface area (Å²) in [6.45, 7) is 3.65. The van der Waals surface area contributed by atoms with Crippen LogP contribution in [-0.2, 0) is 21.5 Å². The first-order valence-corrected chi connectivity index (χ1v) is 5.73. The Hall–Kier alpha value is -0.900. The number of rotatable bonds is 3. The van der Waals surface area contributed by atoms with Crippen molar-refractivity contribution in [3.8, 4) is 0 Å². The van der Waals surface area contributed by atoms with E-state index in [1.165, 1.54) is 5.56 Å². The fourth-order valence-electron chi connectivity index (χ4n) is 2.18. The standard InChI is InChI=1S/C13H18O3/c1-2-11-5-3-4-6-12(11)13(9-14)10-15-7-8-16-13/h3-6,14H,2,7-10H2,1H3. The average Bonchev–Trinajstić information content (AvgIpc) is 2.39. The summed E-state index contributed by atoms with van der Waals surface area (Å²) in [5.74, 6) is 0. The number of aliphatic hydroxyl groups is 1. The lowest BCUT2D eigenvalue weighted by molar-refractivity contribution is -0.181. The van der Waals surface area contributed by atoms with Gasteiger partial charge in [0.15, 0.2) is 0 Å². The minimum absolute atomic E-state index is 0.0377. The molecule has 0 aromatic heterocycles. The maximum atomic E-state index is 9.61. The molecule has 0 saturated carbocycles. The minimum Gasteiger partial charge on any atom is -0.393 e. The van der Waals surface area contributed by atoms with Crippen molar-refractivity contribution in [2.45, 2.75) is 18.9 Å². The molecule has 0 amide bonds. The van der Waals surface area contributed by atoms with Crippen molar-refractivity contribution in [3.63, 3.8) is 0 Å². The molecule has 2 rings (SSSR count). The van der Waals surface area contributed by atoms with Gasteiger partial charge in [0.2, 0.25) is 0 Å². The predicted octanol–water partition coefficient (Wildman–Crippen LogP) is 1.48. The zero-order chi connectivity index (χ0) is 11.4. The summed E-state index contributed by atoms with van der Waals surface area (Å²) in [5, 5.41) is 9.61. The fraction of sp³-hybridized carbons (Fsp3) is 0.538. The van der Waals surface area contributed by atoms with E-state index in [9.17, 15) is 5.11 Å². The molecule has 16 heavy (non-hydrogen) atoms. The molecule has 1 aliphatic rings. The number of hydrogen-bond donors (Lipinski definition) is 1. The summed E-state index contributed by atoms with van der Waals surface area (Å²) in [6.07, 6.45) is 0.932. The highest BCUT2D eigenvalue weighted by atomic mass is 16.6. The van der Waals surface area contributed by atoms with E-state index in [0.717, 1.165) is 12.0 Å². The molecule has 1 aliphatic heterocycles. The van der Waals surface area contributed by atoms with Crippen LogP contribution in [0.25, 0.3) is 0 Å². The van der Waals surface area contributed by atoms with Gasteiger partial charge in [-0.15, -0.1) is 0 Å². The van der Waals surface area contributed by atoms with E-state index in [2.05, 4.69) is 13.0 Å². The summed E-state index contributed by atoms with van der Waals surface area (Å²) in [4.78, 5) is 0. The molecule has 1 aromatic carbocycles. The Labute approximate surface area is 96.0 Å². The SMILES string of the molecule is CCc1ccccc1C1(CO)COCCO1. The quantitative estimate of drug-likeness (QED) is 0.842.